The highest BCUT2D eigenvalue weighted by Crippen LogP contribution is 2.23. The molecule has 14 heavy (non-hydrogen) atoms. The van der Waals surface area contributed by atoms with Crippen LogP contribution in [-0.2, 0) is 12.8 Å². The minimum atomic E-state index is 1.12. The van der Waals surface area contributed by atoms with Gasteiger partial charge in [0.05, 0.1) is 5.69 Å². The van der Waals surface area contributed by atoms with Crippen LogP contribution in [0.4, 0.5) is 0 Å². The summed E-state index contributed by atoms with van der Waals surface area (Å²) in [5.74, 6) is 0. The van der Waals surface area contributed by atoms with Crippen molar-refractivity contribution in [3.05, 3.63) is 35.3 Å². The van der Waals surface area contributed by atoms with Crippen LogP contribution in [0.1, 0.15) is 29.9 Å². The molecule has 2 nitrogen and oxygen atoms in total. The molecule has 2 heterocycles. The molecule has 2 aromatic heterocycles. The van der Waals surface area contributed by atoms with Gasteiger partial charge in [-0.25, -0.2) is 4.98 Å². The summed E-state index contributed by atoms with van der Waals surface area (Å²) >= 11 is 0. The fourth-order valence-corrected chi connectivity index (χ4v) is 2.41. The van der Waals surface area contributed by atoms with Crippen LogP contribution >= 0.6 is 0 Å². The van der Waals surface area contributed by atoms with E-state index < -0.39 is 0 Å². The molecule has 0 atom stereocenters. The number of rotatable bonds is 0. The molecule has 0 amide bonds. The van der Waals surface area contributed by atoms with E-state index >= 15 is 0 Å². The van der Waals surface area contributed by atoms with Crippen molar-refractivity contribution in [2.24, 2.45) is 0 Å². The number of nitrogens with zero attached hydrogens (tertiary/aromatic N) is 2. The van der Waals surface area contributed by atoms with Gasteiger partial charge < -0.3 is 4.40 Å². The molecule has 0 aliphatic heterocycles. The van der Waals surface area contributed by atoms with Gasteiger partial charge in [0, 0.05) is 11.4 Å². The van der Waals surface area contributed by atoms with Gasteiger partial charge in [-0.05, 0) is 44.7 Å². The predicted molar refractivity (Wildman–Crippen MR) is 56.6 cm³/mol. The summed E-state index contributed by atoms with van der Waals surface area (Å²) in [4.78, 5) is 4.68. The Labute approximate surface area is 83.6 Å². The summed E-state index contributed by atoms with van der Waals surface area (Å²) < 4.78 is 2.31. The summed E-state index contributed by atoms with van der Waals surface area (Å²) in [5.41, 5.74) is 5.20. The molecule has 0 N–H and O–H groups in total. The highest BCUT2D eigenvalue weighted by molar-refractivity contribution is 5.45. The summed E-state index contributed by atoms with van der Waals surface area (Å²) in [6.07, 6.45) is 4.98. The molecule has 0 fully saturated rings. The van der Waals surface area contributed by atoms with Crippen molar-refractivity contribution >= 4 is 5.65 Å². The molecular weight excluding hydrogens is 172 g/mol. The molecule has 3 rings (SSSR count). The van der Waals surface area contributed by atoms with Gasteiger partial charge >= 0.3 is 0 Å². The Hall–Kier alpha value is -1.31. The SMILES string of the molecule is Cc1cccc2nc3c(n12)CCCC3. The van der Waals surface area contributed by atoms with Gasteiger partial charge in [-0.3, -0.25) is 0 Å². The zero-order valence-electron chi connectivity index (χ0n) is 8.45. The fourth-order valence-electron chi connectivity index (χ4n) is 2.41. The Kier molecular flexibility index (Phi) is 1.63. The quantitative estimate of drug-likeness (QED) is 0.618. The number of hydrogen-bond acceptors (Lipinski definition) is 1. The average Bonchev–Trinajstić information content (AvgIpc) is 2.57. The van der Waals surface area contributed by atoms with Crippen molar-refractivity contribution in [2.75, 3.05) is 0 Å². The van der Waals surface area contributed by atoms with Gasteiger partial charge in [-0.15, -0.1) is 0 Å². The molecule has 2 heteroatoms. The maximum atomic E-state index is 4.68. The van der Waals surface area contributed by atoms with Gasteiger partial charge in [0.25, 0.3) is 0 Å². The highest BCUT2D eigenvalue weighted by atomic mass is 15.0. The number of imidazole rings is 1. The van der Waals surface area contributed by atoms with Crippen LogP contribution in [0.25, 0.3) is 5.65 Å². The molecule has 2 aromatic rings. The van der Waals surface area contributed by atoms with Crippen molar-refractivity contribution in [1.82, 2.24) is 9.38 Å². The summed E-state index contributed by atoms with van der Waals surface area (Å²) in [5, 5.41) is 0. The third kappa shape index (κ3) is 0.999. The van der Waals surface area contributed by atoms with Gasteiger partial charge in [-0.2, -0.15) is 0 Å². The Morgan fingerprint density at radius 1 is 1.21 bits per heavy atom. The van der Waals surface area contributed by atoms with Crippen molar-refractivity contribution in [2.45, 2.75) is 32.6 Å². The van der Waals surface area contributed by atoms with Gasteiger partial charge in [-0.1, -0.05) is 6.07 Å². The van der Waals surface area contributed by atoms with Crippen LogP contribution in [0.2, 0.25) is 0 Å². The molecule has 72 valence electrons. The number of aryl methyl sites for hydroxylation is 3. The van der Waals surface area contributed by atoms with Crippen LogP contribution in [0.3, 0.4) is 0 Å². The monoisotopic (exact) mass is 186 g/mol. The summed E-state index contributed by atoms with van der Waals surface area (Å²) in [6.45, 7) is 2.16. The number of pyridine rings is 1. The third-order valence-corrected chi connectivity index (χ3v) is 3.09. The molecular formula is C12H14N2. The zero-order valence-corrected chi connectivity index (χ0v) is 8.45. The first-order valence-electron chi connectivity index (χ1n) is 5.32. The van der Waals surface area contributed by atoms with E-state index in [1.807, 2.05) is 0 Å². The Bertz CT molecular complexity index is 482. The first kappa shape index (κ1) is 8.04. The Balaban J connectivity index is 2.38. The average molecular weight is 186 g/mol. The number of hydrogen-bond donors (Lipinski definition) is 0. The van der Waals surface area contributed by atoms with Crippen molar-refractivity contribution in [3.63, 3.8) is 0 Å². The molecule has 0 unspecified atom stereocenters. The van der Waals surface area contributed by atoms with E-state index in [9.17, 15) is 0 Å². The van der Waals surface area contributed by atoms with Gasteiger partial charge in [0.2, 0.25) is 0 Å². The van der Waals surface area contributed by atoms with Crippen molar-refractivity contribution in [3.8, 4) is 0 Å². The van der Waals surface area contributed by atoms with E-state index in [0.29, 0.717) is 0 Å². The Morgan fingerprint density at radius 2 is 2.07 bits per heavy atom. The van der Waals surface area contributed by atoms with Crippen LogP contribution < -0.4 is 0 Å². The van der Waals surface area contributed by atoms with E-state index in [-0.39, 0.29) is 0 Å². The minimum Gasteiger partial charge on any atom is -0.301 e. The second-order valence-corrected chi connectivity index (χ2v) is 4.07. The first-order chi connectivity index (χ1) is 6.86. The fraction of sp³-hybridized carbons (Fsp3) is 0.417. The topological polar surface area (TPSA) is 17.3 Å². The van der Waals surface area contributed by atoms with E-state index in [2.05, 4.69) is 34.5 Å². The van der Waals surface area contributed by atoms with Crippen molar-refractivity contribution in [1.29, 1.82) is 0 Å². The molecule has 0 bridgehead atoms. The zero-order chi connectivity index (χ0) is 9.54. The van der Waals surface area contributed by atoms with Crippen molar-refractivity contribution < 1.29 is 0 Å². The highest BCUT2D eigenvalue weighted by Gasteiger charge is 2.16. The smallest absolute Gasteiger partial charge is 0.137 e. The van der Waals surface area contributed by atoms with E-state index in [4.69, 9.17) is 0 Å². The second kappa shape index (κ2) is 2.84. The van der Waals surface area contributed by atoms with Gasteiger partial charge in [0.15, 0.2) is 0 Å². The molecule has 1 aliphatic rings. The first-order valence-corrected chi connectivity index (χ1v) is 5.32. The minimum absolute atomic E-state index is 1.12. The molecule has 0 saturated heterocycles. The second-order valence-electron chi connectivity index (χ2n) is 4.07. The van der Waals surface area contributed by atoms with Crippen LogP contribution in [0.15, 0.2) is 18.2 Å². The van der Waals surface area contributed by atoms with E-state index in [1.54, 1.807) is 0 Å². The lowest BCUT2D eigenvalue weighted by Gasteiger charge is -2.11. The molecule has 0 aromatic carbocycles. The third-order valence-electron chi connectivity index (χ3n) is 3.09. The standard InChI is InChI=1S/C12H14N2/c1-9-5-4-8-12-13-10-6-2-3-7-11(10)14(9)12/h4-5,8H,2-3,6-7H2,1H3. The van der Waals surface area contributed by atoms with Crippen LogP contribution in [0.5, 0.6) is 0 Å². The molecule has 1 aliphatic carbocycles. The normalized spacial score (nSPS) is 15.8. The maximum Gasteiger partial charge on any atom is 0.137 e. The molecule has 0 radical (unpaired) electrons. The van der Waals surface area contributed by atoms with Crippen LogP contribution in [-0.4, -0.2) is 9.38 Å². The lowest BCUT2D eigenvalue weighted by Crippen LogP contribution is -2.04. The summed E-state index contributed by atoms with van der Waals surface area (Å²) in [6, 6.07) is 6.35. The van der Waals surface area contributed by atoms with Crippen LogP contribution in [0, 0.1) is 6.92 Å². The maximum absolute atomic E-state index is 4.68. The lowest BCUT2D eigenvalue weighted by molar-refractivity contribution is 0.658. The summed E-state index contributed by atoms with van der Waals surface area (Å²) in [7, 11) is 0. The lowest BCUT2D eigenvalue weighted by atomic mass is 10.0. The largest absolute Gasteiger partial charge is 0.301 e. The molecule has 0 saturated carbocycles. The number of aromatic nitrogens is 2. The predicted octanol–water partition coefficient (Wildman–Crippen LogP) is 2.52. The number of fused-ring (bicyclic) bond motifs is 3. The Morgan fingerprint density at radius 3 is 3.00 bits per heavy atom. The molecule has 0 spiro atoms. The van der Waals surface area contributed by atoms with Gasteiger partial charge in [0.1, 0.15) is 5.65 Å². The van der Waals surface area contributed by atoms with E-state index in [0.717, 1.165) is 12.1 Å². The van der Waals surface area contributed by atoms with E-state index in [1.165, 1.54) is 36.3 Å².